The summed E-state index contributed by atoms with van der Waals surface area (Å²) in [4.78, 5) is 10.6. The van der Waals surface area contributed by atoms with E-state index in [0.29, 0.717) is 0 Å². The van der Waals surface area contributed by atoms with Gasteiger partial charge in [0.1, 0.15) is 6.10 Å². The molecule has 1 atom stereocenters. The number of carbonyl (C=O) groups excluding carboxylic acids is 1. The molecule has 2 heteroatoms. The molecule has 2 nitrogen and oxygen atoms in total. The summed E-state index contributed by atoms with van der Waals surface area (Å²) in [6, 6.07) is 0. The van der Waals surface area contributed by atoms with E-state index in [2.05, 4.69) is 0 Å². The minimum Gasteiger partial charge on any atom is -0.458 e. The van der Waals surface area contributed by atoms with Crippen LogP contribution in [0.25, 0.3) is 0 Å². The lowest BCUT2D eigenvalue weighted by atomic mass is 10.2. The zero-order valence-electron chi connectivity index (χ0n) is 7.91. The third-order valence-corrected chi connectivity index (χ3v) is 1.33. The third-order valence-electron chi connectivity index (χ3n) is 1.33. The Bertz CT molecular complexity index is 180. The number of hydrogen-bond acceptors (Lipinski definition) is 2. The summed E-state index contributed by atoms with van der Waals surface area (Å²) < 4.78 is 5.02. The van der Waals surface area contributed by atoms with Gasteiger partial charge in [-0.1, -0.05) is 18.2 Å². The molecule has 0 saturated heterocycles. The van der Waals surface area contributed by atoms with Crippen molar-refractivity contribution in [1.29, 1.82) is 0 Å². The van der Waals surface area contributed by atoms with E-state index in [1.807, 2.05) is 38.2 Å². The molecule has 0 fully saturated rings. The Morgan fingerprint density at radius 2 is 2.08 bits per heavy atom. The maximum atomic E-state index is 10.6. The van der Waals surface area contributed by atoms with Crippen molar-refractivity contribution in [2.75, 3.05) is 0 Å². The fraction of sp³-hybridized carbons (Fsp3) is 0.500. The Morgan fingerprint density at radius 3 is 2.50 bits per heavy atom. The van der Waals surface area contributed by atoms with Crippen molar-refractivity contribution in [2.45, 2.75) is 33.3 Å². The van der Waals surface area contributed by atoms with Crippen molar-refractivity contribution in [3.8, 4) is 0 Å². The van der Waals surface area contributed by atoms with Crippen molar-refractivity contribution in [3.63, 3.8) is 0 Å². The summed E-state index contributed by atoms with van der Waals surface area (Å²) in [5.41, 5.74) is 0. The molecule has 0 saturated carbocycles. The van der Waals surface area contributed by atoms with Crippen molar-refractivity contribution < 1.29 is 9.53 Å². The Kier molecular flexibility index (Phi) is 6.07. The third kappa shape index (κ3) is 5.71. The average Bonchev–Trinajstić information content (AvgIpc) is 2.00. The molecule has 68 valence electrons. The first-order valence-corrected chi connectivity index (χ1v) is 4.12. The molecule has 0 spiro atoms. The van der Waals surface area contributed by atoms with E-state index >= 15 is 0 Å². The zero-order valence-corrected chi connectivity index (χ0v) is 7.91. The molecule has 0 aromatic heterocycles. The smallest absolute Gasteiger partial charge is 0.303 e. The van der Waals surface area contributed by atoms with Crippen LogP contribution in [-0.4, -0.2) is 12.1 Å². The first kappa shape index (κ1) is 11.0. The van der Waals surface area contributed by atoms with Crippen LogP contribution < -0.4 is 0 Å². The van der Waals surface area contributed by atoms with Crippen LogP contribution in [-0.2, 0) is 9.53 Å². The fourth-order valence-corrected chi connectivity index (χ4v) is 0.864. The summed E-state index contributed by atoms with van der Waals surface area (Å²) in [5.74, 6) is -0.234. The van der Waals surface area contributed by atoms with Gasteiger partial charge in [0, 0.05) is 13.3 Å². The lowest BCUT2D eigenvalue weighted by Crippen LogP contribution is -2.12. The summed E-state index contributed by atoms with van der Waals surface area (Å²) >= 11 is 0. The summed E-state index contributed by atoms with van der Waals surface area (Å²) in [7, 11) is 0. The molecule has 1 unspecified atom stereocenters. The predicted octanol–water partition coefficient (Wildman–Crippen LogP) is 2.46. The van der Waals surface area contributed by atoms with Crippen LogP contribution in [0, 0.1) is 0 Å². The van der Waals surface area contributed by atoms with Gasteiger partial charge in [-0.2, -0.15) is 0 Å². The molecule has 0 aliphatic rings. The summed E-state index contributed by atoms with van der Waals surface area (Å²) in [6.45, 7) is 5.28. The minimum absolute atomic E-state index is 0.108. The van der Waals surface area contributed by atoms with Crippen LogP contribution >= 0.6 is 0 Å². The van der Waals surface area contributed by atoms with Crippen molar-refractivity contribution in [3.05, 3.63) is 24.3 Å². The molecule has 0 heterocycles. The number of carbonyl (C=O) groups is 1. The van der Waals surface area contributed by atoms with Gasteiger partial charge >= 0.3 is 5.97 Å². The molecule has 0 aromatic carbocycles. The van der Waals surface area contributed by atoms with Crippen LogP contribution in [0.5, 0.6) is 0 Å². The lowest BCUT2D eigenvalue weighted by molar-refractivity contribution is -0.143. The van der Waals surface area contributed by atoms with Gasteiger partial charge in [-0.25, -0.2) is 0 Å². The molecule has 0 N–H and O–H groups in total. The van der Waals surface area contributed by atoms with Crippen LogP contribution in [0.2, 0.25) is 0 Å². The molecular formula is C10H16O2. The topological polar surface area (TPSA) is 26.3 Å². The Balaban J connectivity index is 3.94. The monoisotopic (exact) mass is 168 g/mol. The zero-order chi connectivity index (χ0) is 9.40. The lowest BCUT2D eigenvalue weighted by Gasteiger charge is -2.09. The first-order valence-electron chi connectivity index (χ1n) is 4.12. The maximum Gasteiger partial charge on any atom is 0.303 e. The largest absolute Gasteiger partial charge is 0.458 e. The highest BCUT2D eigenvalue weighted by Crippen LogP contribution is 2.02. The Hall–Kier alpha value is -1.05. The molecule has 0 bridgehead atoms. The number of allylic oxidation sites excluding steroid dienone is 2. The molecule has 0 radical (unpaired) electrons. The SMILES string of the molecule is CC=CCC(C=CC)OC(C)=O. The van der Waals surface area contributed by atoms with Gasteiger partial charge < -0.3 is 4.74 Å². The van der Waals surface area contributed by atoms with E-state index < -0.39 is 0 Å². The van der Waals surface area contributed by atoms with Gasteiger partial charge in [-0.3, -0.25) is 4.79 Å². The van der Waals surface area contributed by atoms with E-state index in [1.54, 1.807) is 0 Å². The quantitative estimate of drug-likeness (QED) is 0.476. The van der Waals surface area contributed by atoms with E-state index in [9.17, 15) is 4.79 Å². The highest BCUT2D eigenvalue weighted by atomic mass is 16.5. The number of hydrogen-bond donors (Lipinski definition) is 0. The van der Waals surface area contributed by atoms with E-state index in [0.717, 1.165) is 6.42 Å². The Morgan fingerprint density at radius 1 is 1.42 bits per heavy atom. The van der Waals surface area contributed by atoms with Gasteiger partial charge in [0.05, 0.1) is 0 Å². The van der Waals surface area contributed by atoms with Crippen LogP contribution in [0.1, 0.15) is 27.2 Å². The fourth-order valence-electron chi connectivity index (χ4n) is 0.864. The maximum absolute atomic E-state index is 10.6. The Labute approximate surface area is 73.9 Å². The highest BCUT2D eigenvalue weighted by molar-refractivity contribution is 5.66. The second-order valence-corrected chi connectivity index (χ2v) is 2.48. The molecule has 0 rings (SSSR count). The van der Waals surface area contributed by atoms with Gasteiger partial charge in [0.25, 0.3) is 0 Å². The standard InChI is InChI=1S/C10H16O2/c1-4-6-8-10(7-5-2)12-9(3)11/h4-7,10H,8H2,1-3H3. The van der Waals surface area contributed by atoms with Crippen LogP contribution in [0.15, 0.2) is 24.3 Å². The van der Waals surface area contributed by atoms with Crippen LogP contribution in [0.3, 0.4) is 0 Å². The van der Waals surface area contributed by atoms with Crippen molar-refractivity contribution in [2.24, 2.45) is 0 Å². The first-order chi connectivity index (χ1) is 5.70. The van der Waals surface area contributed by atoms with E-state index in [1.165, 1.54) is 6.92 Å². The van der Waals surface area contributed by atoms with E-state index in [-0.39, 0.29) is 12.1 Å². The molecule has 0 aliphatic heterocycles. The molecule has 0 aliphatic carbocycles. The molecule has 0 aromatic rings. The number of esters is 1. The molecular weight excluding hydrogens is 152 g/mol. The van der Waals surface area contributed by atoms with Gasteiger partial charge in [0.2, 0.25) is 0 Å². The normalized spacial score (nSPS) is 13.9. The second kappa shape index (κ2) is 6.65. The van der Waals surface area contributed by atoms with Crippen LogP contribution in [0.4, 0.5) is 0 Å². The minimum atomic E-state index is -0.234. The number of rotatable bonds is 4. The van der Waals surface area contributed by atoms with Gasteiger partial charge in [-0.05, 0) is 19.9 Å². The average molecular weight is 168 g/mol. The highest BCUT2D eigenvalue weighted by Gasteiger charge is 2.04. The van der Waals surface area contributed by atoms with Crippen molar-refractivity contribution >= 4 is 5.97 Å². The molecule has 12 heavy (non-hydrogen) atoms. The second-order valence-electron chi connectivity index (χ2n) is 2.48. The van der Waals surface area contributed by atoms with Gasteiger partial charge in [-0.15, -0.1) is 0 Å². The van der Waals surface area contributed by atoms with E-state index in [4.69, 9.17) is 4.74 Å². The summed E-state index contributed by atoms with van der Waals surface area (Å²) in [6.07, 6.45) is 8.33. The van der Waals surface area contributed by atoms with Gasteiger partial charge in [0.15, 0.2) is 0 Å². The number of ether oxygens (including phenoxy) is 1. The van der Waals surface area contributed by atoms with Crippen molar-refractivity contribution in [1.82, 2.24) is 0 Å². The molecule has 0 amide bonds. The summed E-state index contributed by atoms with van der Waals surface area (Å²) in [5, 5.41) is 0. The predicted molar refractivity (Wildman–Crippen MR) is 49.8 cm³/mol.